The zero-order chi connectivity index (χ0) is 9.14. The Morgan fingerprint density at radius 2 is 2.25 bits per heavy atom. The van der Waals surface area contributed by atoms with Crippen LogP contribution in [0.2, 0.25) is 0 Å². The Morgan fingerprint density at radius 1 is 1.58 bits per heavy atom. The minimum Gasteiger partial charge on any atom is -0.297 e. The molecule has 1 nitrogen and oxygen atoms in total. The second kappa shape index (κ2) is 3.85. The number of hydrogen-bond acceptors (Lipinski definition) is 2. The number of hydrogen-bond donors (Lipinski definition) is 0. The molecule has 1 heterocycles. The number of thiophene rings is 1. The summed E-state index contributed by atoms with van der Waals surface area (Å²) in [7, 11) is 0. The number of carbonyl (C=O) groups is 1. The van der Waals surface area contributed by atoms with E-state index < -0.39 is 0 Å². The lowest BCUT2D eigenvalue weighted by molar-refractivity contribution is 0.112. The lowest BCUT2D eigenvalue weighted by atomic mass is 10.0. The molecular formula is C10H14OS. The van der Waals surface area contributed by atoms with Gasteiger partial charge in [-0.15, -0.1) is 11.3 Å². The fourth-order valence-corrected chi connectivity index (χ4v) is 2.36. The third-order valence-electron chi connectivity index (χ3n) is 1.92. The second-order valence-electron chi connectivity index (χ2n) is 3.15. The van der Waals surface area contributed by atoms with Crippen molar-refractivity contribution in [3.8, 4) is 0 Å². The molecule has 1 aromatic heterocycles. The molecule has 0 N–H and O–H groups in total. The zero-order valence-corrected chi connectivity index (χ0v) is 8.57. The largest absolute Gasteiger partial charge is 0.297 e. The van der Waals surface area contributed by atoms with Crippen LogP contribution >= 0.6 is 11.3 Å². The molecule has 0 unspecified atom stereocenters. The molecule has 0 amide bonds. The summed E-state index contributed by atoms with van der Waals surface area (Å²) in [6.07, 6.45) is 1.97. The van der Waals surface area contributed by atoms with Crippen LogP contribution in [0.15, 0.2) is 6.07 Å². The van der Waals surface area contributed by atoms with Crippen LogP contribution < -0.4 is 0 Å². The molecule has 0 saturated heterocycles. The highest BCUT2D eigenvalue weighted by atomic mass is 32.1. The Labute approximate surface area is 77.4 Å². The Hall–Kier alpha value is -0.630. The normalized spacial score (nSPS) is 10.7. The molecule has 0 bridgehead atoms. The summed E-state index contributed by atoms with van der Waals surface area (Å²) in [5.74, 6) is 0.532. The monoisotopic (exact) mass is 182 g/mol. The molecule has 2 heteroatoms. The zero-order valence-electron chi connectivity index (χ0n) is 7.76. The maximum atomic E-state index is 10.5. The van der Waals surface area contributed by atoms with Gasteiger partial charge in [-0.2, -0.15) is 0 Å². The van der Waals surface area contributed by atoms with Gasteiger partial charge in [-0.05, 0) is 24.0 Å². The van der Waals surface area contributed by atoms with Gasteiger partial charge < -0.3 is 0 Å². The van der Waals surface area contributed by atoms with E-state index in [1.165, 1.54) is 10.4 Å². The highest BCUT2D eigenvalue weighted by Crippen LogP contribution is 2.27. The SMILES string of the molecule is CCc1sc(C=O)cc1C(C)C. The van der Waals surface area contributed by atoms with Crippen LogP contribution in [0.1, 0.15) is 46.8 Å². The van der Waals surface area contributed by atoms with Crippen molar-refractivity contribution >= 4 is 17.6 Å². The Morgan fingerprint density at radius 3 is 2.58 bits per heavy atom. The molecule has 0 aliphatic carbocycles. The van der Waals surface area contributed by atoms with Crippen molar-refractivity contribution in [3.63, 3.8) is 0 Å². The Balaban J connectivity index is 3.07. The van der Waals surface area contributed by atoms with Crippen LogP contribution in [0, 0.1) is 0 Å². The molecular weight excluding hydrogens is 168 g/mol. The van der Waals surface area contributed by atoms with E-state index in [2.05, 4.69) is 20.8 Å². The fraction of sp³-hybridized carbons (Fsp3) is 0.500. The highest BCUT2D eigenvalue weighted by Gasteiger charge is 2.09. The van der Waals surface area contributed by atoms with E-state index in [9.17, 15) is 4.79 Å². The van der Waals surface area contributed by atoms with E-state index in [0.717, 1.165) is 17.6 Å². The summed E-state index contributed by atoms with van der Waals surface area (Å²) in [6.45, 7) is 6.46. The van der Waals surface area contributed by atoms with Crippen molar-refractivity contribution in [1.29, 1.82) is 0 Å². The molecule has 0 spiro atoms. The van der Waals surface area contributed by atoms with Crippen LogP contribution in [0.25, 0.3) is 0 Å². The number of rotatable bonds is 3. The van der Waals surface area contributed by atoms with Gasteiger partial charge >= 0.3 is 0 Å². The van der Waals surface area contributed by atoms with Crippen molar-refractivity contribution in [2.24, 2.45) is 0 Å². The first kappa shape index (κ1) is 9.46. The lowest BCUT2D eigenvalue weighted by Gasteiger charge is -2.03. The van der Waals surface area contributed by atoms with Crippen LogP contribution in [-0.4, -0.2) is 6.29 Å². The number of aldehydes is 1. The van der Waals surface area contributed by atoms with Crippen molar-refractivity contribution in [1.82, 2.24) is 0 Å². The number of aryl methyl sites for hydroxylation is 1. The summed E-state index contributed by atoms with van der Waals surface area (Å²) in [6, 6.07) is 2.02. The molecule has 1 aromatic rings. The molecule has 0 fully saturated rings. The number of carbonyl (C=O) groups excluding carboxylic acids is 1. The minimum absolute atomic E-state index is 0.532. The highest BCUT2D eigenvalue weighted by molar-refractivity contribution is 7.13. The van der Waals surface area contributed by atoms with Gasteiger partial charge in [0.1, 0.15) is 0 Å². The van der Waals surface area contributed by atoms with Crippen molar-refractivity contribution < 1.29 is 4.79 Å². The second-order valence-corrected chi connectivity index (χ2v) is 4.32. The first-order valence-electron chi connectivity index (χ1n) is 4.26. The first-order chi connectivity index (χ1) is 5.69. The fourth-order valence-electron chi connectivity index (χ4n) is 1.29. The predicted octanol–water partition coefficient (Wildman–Crippen LogP) is 3.25. The Kier molecular flexibility index (Phi) is 3.04. The standard InChI is InChI=1S/C10H14OS/c1-4-10-9(7(2)3)5-8(6-11)12-10/h5-7H,4H2,1-3H3. The van der Waals surface area contributed by atoms with Crippen molar-refractivity contribution in [2.45, 2.75) is 33.1 Å². The van der Waals surface area contributed by atoms with Gasteiger partial charge in [-0.1, -0.05) is 20.8 Å². The summed E-state index contributed by atoms with van der Waals surface area (Å²) in [5, 5.41) is 0. The van der Waals surface area contributed by atoms with E-state index in [1.807, 2.05) is 6.07 Å². The van der Waals surface area contributed by atoms with E-state index in [0.29, 0.717) is 5.92 Å². The summed E-state index contributed by atoms with van der Waals surface area (Å²) >= 11 is 1.62. The van der Waals surface area contributed by atoms with Gasteiger partial charge in [-0.3, -0.25) is 4.79 Å². The smallest absolute Gasteiger partial charge is 0.160 e. The third-order valence-corrected chi connectivity index (χ3v) is 3.14. The average Bonchev–Trinajstić information content (AvgIpc) is 2.47. The molecule has 1 rings (SSSR count). The maximum Gasteiger partial charge on any atom is 0.160 e. The van der Waals surface area contributed by atoms with Gasteiger partial charge in [0.2, 0.25) is 0 Å². The molecule has 0 atom stereocenters. The molecule has 66 valence electrons. The van der Waals surface area contributed by atoms with Crippen molar-refractivity contribution in [2.75, 3.05) is 0 Å². The van der Waals surface area contributed by atoms with Gasteiger partial charge in [0.05, 0.1) is 4.88 Å². The van der Waals surface area contributed by atoms with Gasteiger partial charge in [-0.25, -0.2) is 0 Å². The van der Waals surface area contributed by atoms with Crippen LogP contribution in [0.5, 0.6) is 0 Å². The first-order valence-corrected chi connectivity index (χ1v) is 5.08. The third kappa shape index (κ3) is 1.75. The lowest BCUT2D eigenvalue weighted by Crippen LogP contribution is -1.88. The molecule has 0 radical (unpaired) electrons. The van der Waals surface area contributed by atoms with E-state index in [-0.39, 0.29) is 0 Å². The van der Waals surface area contributed by atoms with Crippen LogP contribution in [-0.2, 0) is 6.42 Å². The van der Waals surface area contributed by atoms with E-state index >= 15 is 0 Å². The van der Waals surface area contributed by atoms with Crippen molar-refractivity contribution in [3.05, 3.63) is 21.4 Å². The van der Waals surface area contributed by atoms with Crippen LogP contribution in [0.4, 0.5) is 0 Å². The topological polar surface area (TPSA) is 17.1 Å². The minimum atomic E-state index is 0.532. The average molecular weight is 182 g/mol. The van der Waals surface area contributed by atoms with E-state index in [4.69, 9.17) is 0 Å². The van der Waals surface area contributed by atoms with Gasteiger partial charge in [0, 0.05) is 4.88 Å². The van der Waals surface area contributed by atoms with Gasteiger partial charge in [0.15, 0.2) is 6.29 Å². The van der Waals surface area contributed by atoms with Gasteiger partial charge in [0.25, 0.3) is 0 Å². The predicted molar refractivity (Wildman–Crippen MR) is 53.2 cm³/mol. The molecule has 12 heavy (non-hydrogen) atoms. The molecule has 0 aliphatic rings. The molecule has 0 aromatic carbocycles. The Bertz CT molecular complexity index is 273. The molecule has 0 aliphatic heterocycles. The molecule has 0 saturated carbocycles. The quantitative estimate of drug-likeness (QED) is 0.656. The maximum absolute atomic E-state index is 10.5. The summed E-state index contributed by atoms with van der Waals surface area (Å²) in [5.41, 5.74) is 1.34. The van der Waals surface area contributed by atoms with Crippen LogP contribution in [0.3, 0.4) is 0 Å². The summed E-state index contributed by atoms with van der Waals surface area (Å²) in [4.78, 5) is 12.7. The van der Waals surface area contributed by atoms with E-state index in [1.54, 1.807) is 11.3 Å². The summed E-state index contributed by atoms with van der Waals surface area (Å²) < 4.78 is 0.